The number of aryl methyl sites for hydroxylation is 1. The van der Waals surface area contributed by atoms with Crippen molar-refractivity contribution >= 4 is 5.95 Å². The number of hydrogen-bond donors (Lipinski definition) is 1. The Bertz CT molecular complexity index is 868. The summed E-state index contributed by atoms with van der Waals surface area (Å²) < 4.78 is 11.1. The maximum atomic E-state index is 9.45. The summed E-state index contributed by atoms with van der Waals surface area (Å²) in [5, 5.41) is 9.45. The van der Waals surface area contributed by atoms with Gasteiger partial charge in [0.2, 0.25) is 11.8 Å². The second-order valence-electron chi connectivity index (χ2n) is 4.74. The average Bonchev–Trinajstić information content (AvgIpc) is 2.99. The molecule has 3 heterocycles. The Morgan fingerprint density at radius 1 is 1.26 bits per heavy atom. The maximum Gasteiger partial charge on any atom is 0.237 e. The van der Waals surface area contributed by atoms with Crippen LogP contribution in [0.25, 0.3) is 11.5 Å². The molecule has 0 fully saturated rings. The van der Waals surface area contributed by atoms with Gasteiger partial charge in [-0.15, -0.1) is 0 Å². The SMILES string of the molecule is Cc1ccc(-c2nc(N)nc(OCc3ccccn3)c2C#N)o1. The Kier molecular flexibility index (Phi) is 3.89. The summed E-state index contributed by atoms with van der Waals surface area (Å²) in [6, 6.07) is 11.0. The van der Waals surface area contributed by atoms with Gasteiger partial charge in [0, 0.05) is 6.20 Å². The average molecular weight is 307 g/mol. The number of ether oxygens (including phenoxy) is 1. The summed E-state index contributed by atoms with van der Waals surface area (Å²) in [4.78, 5) is 12.3. The van der Waals surface area contributed by atoms with Crippen LogP contribution in [0.1, 0.15) is 17.0 Å². The first-order chi connectivity index (χ1) is 11.2. The monoisotopic (exact) mass is 307 g/mol. The zero-order chi connectivity index (χ0) is 16.2. The van der Waals surface area contributed by atoms with Crippen molar-refractivity contribution in [3.05, 3.63) is 53.5 Å². The Balaban J connectivity index is 1.97. The number of nitrogens with two attached hydrogens (primary N) is 1. The maximum absolute atomic E-state index is 9.45. The van der Waals surface area contributed by atoms with Crippen molar-refractivity contribution in [3.63, 3.8) is 0 Å². The van der Waals surface area contributed by atoms with Crippen LogP contribution in [0, 0.1) is 18.3 Å². The molecule has 2 N–H and O–H groups in total. The minimum Gasteiger partial charge on any atom is -0.470 e. The highest BCUT2D eigenvalue weighted by Gasteiger charge is 2.19. The molecule has 0 bridgehead atoms. The highest BCUT2D eigenvalue weighted by molar-refractivity contribution is 5.66. The van der Waals surface area contributed by atoms with E-state index in [9.17, 15) is 5.26 Å². The normalized spacial score (nSPS) is 10.3. The van der Waals surface area contributed by atoms with Gasteiger partial charge < -0.3 is 14.9 Å². The minimum absolute atomic E-state index is 0.00377. The molecule has 0 aromatic carbocycles. The molecule has 0 saturated carbocycles. The fourth-order valence-corrected chi connectivity index (χ4v) is 2.03. The number of nitrogens with zero attached hydrogens (tertiary/aromatic N) is 4. The lowest BCUT2D eigenvalue weighted by atomic mass is 10.2. The molecular weight excluding hydrogens is 294 g/mol. The number of rotatable bonds is 4. The quantitative estimate of drug-likeness (QED) is 0.788. The molecule has 0 atom stereocenters. The molecule has 3 rings (SSSR count). The van der Waals surface area contributed by atoms with Gasteiger partial charge in [0.1, 0.15) is 29.7 Å². The van der Waals surface area contributed by atoms with Crippen molar-refractivity contribution in [2.24, 2.45) is 0 Å². The lowest BCUT2D eigenvalue weighted by molar-refractivity contribution is 0.288. The van der Waals surface area contributed by atoms with Gasteiger partial charge in [-0.25, -0.2) is 4.98 Å². The molecule has 0 radical (unpaired) electrons. The molecular formula is C16H13N5O2. The predicted molar refractivity (Wildman–Crippen MR) is 82.2 cm³/mol. The molecule has 0 spiro atoms. The van der Waals surface area contributed by atoms with E-state index >= 15 is 0 Å². The van der Waals surface area contributed by atoms with Gasteiger partial charge >= 0.3 is 0 Å². The first kappa shape index (κ1) is 14.5. The Morgan fingerprint density at radius 3 is 2.78 bits per heavy atom. The topological polar surface area (TPSA) is 111 Å². The highest BCUT2D eigenvalue weighted by atomic mass is 16.5. The van der Waals surface area contributed by atoms with Crippen LogP contribution in [0.15, 0.2) is 40.9 Å². The van der Waals surface area contributed by atoms with Crippen LogP contribution >= 0.6 is 0 Å². The number of anilines is 1. The van der Waals surface area contributed by atoms with Crippen LogP contribution in [0.5, 0.6) is 5.88 Å². The highest BCUT2D eigenvalue weighted by Crippen LogP contribution is 2.29. The van der Waals surface area contributed by atoms with Gasteiger partial charge in [-0.05, 0) is 31.2 Å². The molecule has 114 valence electrons. The molecule has 3 aromatic rings. The summed E-state index contributed by atoms with van der Waals surface area (Å²) in [5.41, 5.74) is 6.92. The summed E-state index contributed by atoms with van der Waals surface area (Å²) in [7, 11) is 0. The molecule has 0 aliphatic rings. The Hall–Kier alpha value is -3.40. The number of aromatic nitrogens is 3. The zero-order valence-corrected chi connectivity index (χ0v) is 12.4. The van der Waals surface area contributed by atoms with Gasteiger partial charge in [0.15, 0.2) is 5.76 Å². The van der Waals surface area contributed by atoms with Gasteiger partial charge in [-0.2, -0.15) is 10.2 Å². The zero-order valence-electron chi connectivity index (χ0n) is 12.4. The standard InChI is InChI=1S/C16H13N5O2/c1-10-5-6-13(23-10)14-12(8-17)15(21-16(18)20-14)22-9-11-4-2-3-7-19-11/h2-7H,9H2,1H3,(H2,18,20,21). The molecule has 0 aliphatic heterocycles. The summed E-state index contributed by atoms with van der Waals surface area (Å²) >= 11 is 0. The third-order valence-corrected chi connectivity index (χ3v) is 3.06. The van der Waals surface area contributed by atoms with E-state index < -0.39 is 0 Å². The van der Waals surface area contributed by atoms with E-state index in [1.165, 1.54) is 0 Å². The van der Waals surface area contributed by atoms with Crippen molar-refractivity contribution in [1.29, 1.82) is 5.26 Å². The molecule has 0 saturated heterocycles. The van der Waals surface area contributed by atoms with Crippen molar-refractivity contribution in [3.8, 4) is 23.4 Å². The molecule has 7 nitrogen and oxygen atoms in total. The Labute approximate surface area is 132 Å². The van der Waals surface area contributed by atoms with E-state index in [4.69, 9.17) is 14.9 Å². The summed E-state index contributed by atoms with van der Waals surface area (Å²) in [6.45, 7) is 1.97. The molecule has 0 amide bonds. The van der Waals surface area contributed by atoms with Crippen LogP contribution in [-0.4, -0.2) is 15.0 Å². The second kappa shape index (κ2) is 6.15. The van der Waals surface area contributed by atoms with E-state index in [0.717, 1.165) is 0 Å². The number of nitrogen functional groups attached to an aromatic ring is 1. The lowest BCUT2D eigenvalue weighted by Crippen LogP contribution is -2.06. The third kappa shape index (κ3) is 3.11. The first-order valence-corrected chi connectivity index (χ1v) is 6.84. The molecule has 7 heteroatoms. The van der Waals surface area contributed by atoms with Gasteiger partial charge in [0.25, 0.3) is 0 Å². The fraction of sp³-hybridized carbons (Fsp3) is 0.125. The van der Waals surface area contributed by atoms with E-state index in [1.54, 1.807) is 25.3 Å². The molecule has 0 unspecified atom stereocenters. The van der Waals surface area contributed by atoms with Crippen LogP contribution in [-0.2, 0) is 6.61 Å². The number of nitriles is 1. The lowest BCUT2D eigenvalue weighted by Gasteiger charge is -2.09. The van der Waals surface area contributed by atoms with Crippen LogP contribution in [0.2, 0.25) is 0 Å². The molecule has 3 aromatic heterocycles. The smallest absolute Gasteiger partial charge is 0.237 e. The van der Waals surface area contributed by atoms with Crippen molar-refractivity contribution < 1.29 is 9.15 Å². The number of pyridine rings is 1. The van der Waals surface area contributed by atoms with Crippen LogP contribution in [0.4, 0.5) is 5.95 Å². The van der Waals surface area contributed by atoms with Crippen molar-refractivity contribution in [1.82, 2.24) is 15.0 Å². The van der Waals surface area contributed by atoms with Crippen LogP contribution in [0.3, 0.4) is 0 Å². The van der Waals surface area contributed by atoms with Gasteiger partial charge in [-0.1, -0.05) is 6.07 Å². The largest absolute Gasteiger partial charge is 0.470 e. The summed E-state index contributed by atoms with van der Waals surface area (Å²) in [5.74, 6) is 1.26. The Morgan fingerprint density at radius 2 is 2.13 bits per heavy atom. The van der Waals surface area contributed by atoms with Crippen molar-refractivity contribution in [2.75, 3.05) is 5.73 Å². The van der Waals surface area contributed by atoms with Crippen molar-refractivity contribution in [2.45, 2.75) is 13.5 Å². The first-order valence-electron chi connectivity index (χ1n) is 6.84. The van der Waals surface area contributed by atoms with E-state index in [-0.39, 0.29) is 24.0 Å². The predicted octanol–water partition coefficient (Wildman–Crippen LogP) is 2.47. The third-order valence-electron chi connectivity index (χ3n) is 3.06. The summed E-state index contributed by atoms with van der Waals surface area (Å²) in [6.07, 6.45) is 1.66. The van der Waals surface area contributed by atoms with Crippen LogP contribution < -0.4 is 10.5 Å². The van der Waals surface area contributed by atoms with E-state index in [1.807, 2.05) is 24.3 Å². The van der Waals surface area contributed by atoms with Gasteiger partial charge in [0.05, 0.1) is 5.69 Å². The second-order valence-corrected chi connectivity index (χ2v) is 4.74. The minimum atomic E-state index is 0.00377. The molecule has 23 heavy (non-hydrogen) atoms. The number of furan rings is 1. The van der Waals surface area contributed by atoms with E-state index in [2.05, 4.69) is 15.0 Å². The fourth-order valence-electron chi connectivity index (χ4n) is 2.03. The number of hydrogen-bond acceptors (Lipinski definition) is 7. The van der Waals surface area contributed by atoms with Gasteiger partial charge in [-0.3, -0.25) is 4.98 Å². The van der Waals surface area contributed by atoms with E-state index in [0.29, 0.717) is 22.9 Å². The molecule has 0 aliphatic carbocycles.